The Kier molecular flexibility index (Phi) is 2.54. The summed E-state index contributed by atoms with van der Waals surface area (Å²) in [4.78, 5) is 14.7. The van der Waals surface area contributed by atoms with Gasteiger partial charge in [-0.3, -0.25) is 9.78 Å². The van der Waals surface area contributed by atoms with E-state index in [2.05, 4.69) is 4.98 Å². The lowest BCUT2D eigenvalue weighted by molar-refractivity contribution is 0.112. The van der Waals surface area contributed by atoms with E-state index < -0.39 is 0 Å². The van der Waals surface area contributed by atoms with Crippen molar-refractivity contribution in [2.24, 2.45) is 0 Å². The first kappa shape index (κ1) is 9.52. The van der Waals surface area contributed by atoms with Crippen LogP contribution in [0.25, 0.3) is 11.3 Å². The summed E-state index contributed by atoms with van der Waals surface area (Å²) in [6.07, 6.45) is 2.32. The predicted molar refractivity (Wildman–Crippen MR) is 55.0 cm³/mol. The van der Waals surface area contributed by atoms with Crippen molar-refractivity contribution in [1.29, 1.82) is 0 Å². The highest BCUT2D eigenvalue weighted by atomic mass is 19.1. The minimum absolute atomic E-state index is 0.287. The predicted octanol–water partition coefficient (Wildman–Crippen LogP) is 2.70. The SMILES string of the molecule is O=Cc1ccnc(-c2ccc(F)cc2)c1. The summed E-state index contributed by atoms with van der Waals surface area (Å²) >= 11 is 0. The standard InChI is InChI=1S/C12H8FNO/c13-11-3-1-10(2-4-11)12-7-9(8-15)5-6-14-12/h1-8H. The molecule has 0 amide bonds. The second kappa shape index (κ2) is 4.00. The Morgan fingerprint density at radius 1 is 1.13 bits per heavy atom. The van der Waals surface area contributed by atoms with Crippen LogP contribution in [0, 0.1) is 5.82 Å². The van der Waals surface area contributed by atoms with Crippen molar-refractivity contribution in [3.63, 3.8) is 0 Å². The minimum Gasteiger partial charge on any atom is -0.298 e. The fraction of sp³-hybridized carbons (Fsp3) is 0. The van der Waals surface area contributed by atoms with Gasteiger partial charge >= 0.3 is 0 Å². The molecule has 1 heterocycles. The number of aldehydes is 1. The number of carbonyl (C=O) groups excluding carboxylic acids is 1. The van der Waals surface area contributed by atoms with Crippen molar-refractivity contribution < 1.29 is 9.18 Å². The Hall–Kier alpha value is -2.03. The number of pyridine rings is 1. The van der Waals surface area contributed by atoms with Gasteiger partial charge in [-0.05, 0) is 36.4 Å². The summed E-state index contributed by atoms with van der Waals surface area (Å²) in [5.41, 5.74) is 2.02. The Bertz CT molecular complexity index is 479. The highest BCUT2D eigenvalue weighted by Gasteiger charge is 2.00. The van der Waals surface area contributed by atoms with Gasteiger partial charge in [-0.25, -0.2) is 4.39 Å². The van der Waals surface area contributed by atoms with Gasteiger partial charge in [0.1, 0.15) is 12.1 Å². The molecule has 2 nitrogen and oxygen atoms in total. The monoisotopic (exact) mass is 201 g/mol. The van der Waals surface area contributed by atoms with Gasteiger partial charge in [0.25, 0.3) is 0 Å². The molecule has 3 heteroatoms. The molecule has 1 aromatic heterocycles. The molecule has 0 bridgehead atoms. The number of nitrogens with zero attached hydrogens (tertiary/aromatic N) is 1. The maximum absolute atomic E-state index is 12.7. The zero-order chi connectivity index (χ0) is 10.7. The third-order valence-corrected chi connectivity index (χ3v) is 2.06. The molecule has 0 atom stereocenters. The molecule has 0 N–H and O–H groups in total. The van der Waals surface area contributed by atoms with Crippen LogP contribution in [-0.4, -0.2) is 11.3 Å². The number of hydrogen-bond donors (Lipinski definition) is 0. The third kappa shape index (κ3) is 2.07. The van der Waals surface area contributed by atoms with Gasteiger partial charge in [-0.2, -0.15) is 0 Å². The fourth-order valence-corrected chi connectivity index (χ4v) is 1.30. The lowest BCUT2D eigenvalue weighted by Gasteiger charge is -2.00. The molecule has 2 aromatic rings. The van der Waals surface area contributed by atoms with Crippen LogP contribution in [0.4, 0.5) is 4.39 Å². The Morgan fingerprint density at radius 2 is 1.87 bits per heavy atom. The molecular weight excluding hydrogens is 193 g/mol. The molecular formula is C12H8FNO. The van der Waals surface area contributed by atoms with Crippen LogP contribution < -0.4 is 0 Å². The van der Waals surface area contributed by atoms with Crippen LogP contribution >= 0.6 is 0 Å². The van der Waals surface area contributed by atoms with E-state index in [0.29, 0.717) is 11.3 Å². The first-order valence-corrected chi connectivity index (χ1v) is 4.47. The molecule has 15 heavy (non-hydrogen) atoms. The van der Waals surface area contributed by atoms with Gasteiger partial charge < -0.3 is 0 Å². The number of halogens is 1. The molecule has 2 rings (SSSR count). The first-order valence-electron chi connectivity index (χ1n) is 4.47. The average molecular weight is 201 g/mol. The van der Waals surface area contributed by atoms with E-state index >= 15 is 0 Å². The summed E-state index contributed by atoms with van der Waals surface area (Å²) < 4.78 is 12.7. The molecule has 0 unspecified atom stereocenters. The quantitative estimate of drug-likeness (QED) is 0.699. The van der Waals surface area contributed by atoms with E-state index in [-0.39, 0.29) is 5.82 Å². The zero-order valence-electron chi connectivity index (χ0n) is 7.85. The number of benzene rings is 1. The lowest BCUT2D eigenvalue weighted by Crippen LogP contribution is -1.86. The zero-order valence-corrected chi connectivity index (χ0v) is 7.85. The molecule has 0 aliphatic heterocycles. The normalized spacial score (nSPS) is 9.93. The van der Waals surface area contributed by atoms with Gasteiger partial charge in [-0.15, -0.1) is 0 Å². The van der Waals surface area contributed by atoms with Crippen molar-refractivity contribution in [2.45, 2.75) is 0 Å². The maximum atomic E-state index is 12.7. The van der Waals surface area contributed by atoms with Crippen molar-refractivity contribution in [1.82, 2.24) is 4.98 Å². The molecule has 0 aliphatic rings. The molecule has 0 saturated carbocycles. The van der Waals surface area contributed by atoms with E-state index in [1.807, 2.05) is 0 Å². The van der Waals surface area contributed by atoms with E-state index in [1.54, 1.807) is 30.5 Å². The van der Waals surface area contributed by atoms with Crippen LogP contribution in [0.15, 0.2) is 42.6 Å². The van der Waals surface area contributed by atoms with Gasteiger partial charge in [0.15, 0.2) is 0 Å². The summed E-state index contributed by atoms with van der Waals surface area (Å²) in [5, 5.41) is 0. The van der Waals surface area contributed by atoms with Crippen molar-refractivity contribution in [3.8, 4) is 11.3 Å². The van der Waals surface area contributed by atoms with Crippen LogP contribution in [0.5, 0.6) is 0 Å². The Morgan fingerprint density at radius 3 is 2.53 bits per heavy atom. The number of carbonyl (C=O) groups is 1. The van der Waals surface area contributed by atoms with Crippen LogP contribution in [0.2, 0.25) is 0 Å². The summed E-state index contributed by atoms with van der Waals surface area (Å²) in [7, 11) is 0. The van der Waals surface area contributed by atoms with E-state index in [1.165, 1.54) is 12.1 Å². The number of rotatable bonds is 2. The summed E-state index contributed by atoms with van der Waals surface area (Å²) in [6, 6.07) is 9.29. The van der Waals surface area contributed by atoms with Crippen molar-refractivity contribution in [3.05, 3.63) is 54.0 Å². The highest BCUT2D eigenvalue weighted by molar-refractivity contribution is 5.77. The molecule has 74 valence electrons. The second-order valence-electron chi connectivity index (χ2n) is 3.10. The topological polar surface area (TPSA) is 30.0 Å². The van der Waals surface area contributed by atoms with Gasteiger partial charge in [0.05, 0.1) is 5.69 Å². The van der Waals surface area contributed by atoms with Crippen molar-refractivity contribution >= 4 is 6.29 Å². The van der Waals surface area contributed by atoms with E-state index in [0.717, 1.165) is 11.8 Å². The summed E-state index contributed by atoms with van der Waals surface area (Å²) in [5.74, 6) is -0.287. The molecule has 0 radical (unpaired) electrons. The maximum Gasteiger partial charge on any atom is 0.150 e. The Labute approximate surface area is 86.4 Å². The smallest absolute Gasteiger partial charge is 0.150 e. The minimum atomic E-state index is -0.287. The van der Waals surface area contributed by atoms with E-state index in [9.17, 15) is 9.18 Å². The summed E-state index contributed by atoms with van der Waals surface area (Å²) in [6.45, 7) is 0. The van der Waals surface area contributed by atoms with Gasteiger partial charge in [0, 0.05) is 17.3 Å². The van der Waals surface area contributed by atoms with Crippen LogP contribution in [0.3, 0.4) is 0 Å². The molecule has 0 spiro atoms. The van der Waals surface area contributed by atoms with Gasteiger partial charge in [-0.1, -0.05) is 0 Å². The lowest BCUT2D eigenvalue weighted by atomic mass is 10.1. The molecule has 1 aromatic carbocycles. The highest BCUT2D eigenvalue weighted by Crippen LogP contribution is 2.17. The molecule has 0 fully saturated rings. The van der Waals surface area contributed by atoms with Crippen LogP contribution in [0.1, 0.15) is 10.4 Å². The first-order chi connectivity index (χ1) is 7.29. The number of hydrogen-bond acceptors (Lipinski definition) is 2. The second-order valence-corrected chi connectivity index (χ2v) is 3.10. The average Bonchev–Trinajstić information content (AvgIpc) is 2.30. The van der Waals surface area contributed by atoms with E-state index in [4.69, 9.17) is 0 Å². The fourth-order valence-electron chi connectivity index (χ4n) is 1.30. The number of aromatic nitrogens is 1. The third-order valence-electron chi connectivity index (χ3n) is 2.06. The molecule has 0 saturated heterocycles. The molecule has 0 aliphatic carbocycles. The largest absolute Gasteiger partial charge is 0.298 e. The van der Waals surface area contributed by atoms with Crippen LogP contribution in [-0.2, 0) is 0 Å². The Balaban J connectivity index is 2.44. The van der Waals surface area contributed by atoms with Crippen molar-refractivity contribution in [2.75, 3.05) is 0 Å². The van der Waals surface area contributed by atoms with Gasteiger partial charge in [0.2, 0.25) is 0 Å².